The summed E-state index contributed by atoms with van der Waals surface area (Å²) in [6.45, 7) is 3.43. The van der Waals surface area contributed by atoms with E-state index in [2.05, 4.69) is 6.58 Å². The zero-order valence-electron chi connectivity index (χ0n) is 5.66. The van der Waals surface area contributed by atoms with Gasteiger partial charge in [-0.05, 0) is 6.42 Å². The molecule has 1 atom stereocenters. The quantitative estimate of drug-likeness (QED) is 0.561. The van der Waals surface area contributed by atoms with E-state index < -0.39 is 12.0 Å². The fourth-order valence-electron chi connectivity index (χ4n) is 0.422. The Bertz CT molecular complexity index is 152. The van der Waals surface area contributed by atoms with Gasteiger partial charge in [0.1, 0.15) is 6.04 Å². The van der Waals surface area contributed by atoms with Crippen LogP contribution in [0.5, 0.6) is 0 Å². The highest BCUT2D eigenvalue weighted by Gasteiger charge is 2.07. The monoisotopic (exact) mass is 141 g/mol. The molecule has 56 valence electrons. The number of carboxylic acid groups (broad SMARTS) is 1. The van der Waals surface area contributed by atoms with Crippen LogP contribution in [0.4, 0.5) is 0 Å². The lowest BCUT2D eigenvalue weighted by molar-refractivity contribution is -0.138. The maximum atomic E-state index is 10.1. The van der Waals surface area contributed by atoms with Gasteiger partial charge in [0.15, 0.2) is 0 Å². The molecule has 0 heterocycles. The van der Waals surface area contributed by atoms with Gasteiger partial charge in [-0.2, -0.15) is 0 Å². The lowest BCUT2D eigenvalue weighted by Gasteiger charge is -1.99. The maximum absolute atomic E-state index is 10.1. The van der Waals surface area contributed by atoms with Crippen molar-refractivity contribution in [1.29, 1.82) is 0 Å². The lowest BCUT2D eigenvalue weighted by atomic mass is 10.2. The van der Waals surface area contributed by atoms with Crippen LogP contribution in [-0.4, -0.2) is 17.1 Å². The summed E-state index contributed by atoms with van der Waals surface area (Å²) >= 11 is 0. The first-order valence-electron chi connectivity index (χ1n) is 2.94. The van der Waals surface area contributed by atoms with Crippen LogP contribution in [0.15, 0.2) is 24.8 Å². The molecular formula is C7H11NO2. The lowest BCUT2D eigenvalue weighted by Crippen LogP contribution is -2.29. The van der Waals surface area contributed by atoms with Gasteiger partial charge in [-0.3, -0.25) is 4.79 Å². The van der Waals surface area contributed by atoms with Crippen molar-refractivity contribution in [2.45, 2.75) is 12.5 Å². The molecule has 0 aliphatic carbocycles. The SMILES string of the molecule is C=CC=CC[C@H](N)C(=O)O. The fourth-order valence-corrected chi connectivity index (χ4v) is 0.422. The van der Waals surface area contributed by atoms with E-state index in [0.29, 0.717) is 6.42 Å². The number of aliphatic carboxylic acids is 1. The number of hydrogen-bond donors (Lipinski definition) is 2. The largest absolute Gasteiger partial charge is 0.480 e. The molecule has 0 aliphatic heterocycles. The predicted octanol–water partition coefficient (Wildman–Crippen LogP) is 0.531. The average molecular weight is 141 g/mol. The highest BCUT2D eigenvalue weighted by molar-refractivity contribution is 5.73. The molecule has 0 fully saturated rings. The van der Waals surface area contributed by atoms with Crippen LogP contribution in [0.3, 0.4) is 0 Å². The van der Waals surface area contributed by atoms with Gasteiger partial charge < -0.3 is 10.8 Å². The van der Waals surface area contributed by atoms with Crippen molar-refractivity contribution < 1.29 is 9.90 Å². The Hall–Kier alpha value is -1.09. The normalized spacial score (nSPS) is 13.3. The summed E-state index contributed by atoms with van der Waals surface area (Å²) in [7, 11) is 0. The Labute approximate surface area is 59.8 Å². The number of nitrogens with two attached hydrogens (primary N) is 1. The van der Waals surface area contributed by atoms with Crippen LogP contribution in [0.1, 0.15) is 6.42 Å². The molecule has 0 saturated carbocycles. The summed E-state index contributed by atoms with van der Waals surface area (Å²) in [5.74, 6) is -0.978. The van der Waals surface area contributed by atoms with Crippen molar-refractivity contribution in [3.05, 3.63) is 24.8 Å². The highest BCUT2D eigenvalue weighted by Crippen LogP contribution is 1.89. The summed E-state index contributed by atoms with van der Waals surface area (Å²) in [5, 5.41) is 8.30. The van der Waals surface area contributed by atoms with Crippen molar-refractivity contribution >= 4 is 5.97 Å². The topological polar surface area (TPSA) is 63.3 Å². The minimum absolute atomic E-state index is 0.349. The highest BCUT2D eigenvalue weighted by atomic mass is 16.4. The van der Waals surface area contributed by atoms with Crippen molar-refractivity contribution in [3.63, 3.8) is 0 Å². The smallest absolute Gasteiger partial charge is 0.320 e. The molecule has 0 amide bonds. The van der Waals surface area contributed by atoms with E-state index in [1.54, 1.807) is 18.2 Å². The Morgan fingerprint density at radius 2 is 2.40 bits per heavy atom. The average Bonchev–Trinajstić information content (AvgIpc) is 1.88. The number of carboxylic acids is 1. The molecule has 0 radical (unpaired) electrons. The van der Waals surface area contributed by atoms with Gasteiger partial charge in [0.2, 0.25) is 0 Å². The Morgan fingerprint density at radius 3 is 2.80 bits per heavy atom. The molecule has 3 heteroatoms. The molecule has 0 rings (SSSR count). The van der Waals surface area contributed by atoms with Crippen molar-refractivity contribution in [2.24, 2.45) is 5.73 Å². The van der Waals surface area contributed by atoms with E-state index in [4.69, 9.17) is 10.8 Å². The van der Waals surface area contributed by atoms with Crippen LogP contribution in [0.25, 0.3) is 0 Å². The van der Waals surface area contributed by atoms with Gasteiger partial charge in [-0.25, -0.2) is 0 Å². The van der Waals surface area contributed by atoms with E-state index in [0.717, 1.165) is 0 Å². The van der Waals surface area contributed by atoms with Crippen LogP contribution in [0.2, 0.25) is 0 Å². The summed E-state index contributed by atoms with van der Waals surface area (Å²) < 4.78 is 0. The van der Waals surface area contributed by atoms with E-state index in [1.165, 1.54) is 0 Å². The number of carbonyl (C=O) groups is 1. The molecule has 10 heavy (non-hydrogen) atoms. The molecule has 3 N–H and O–H groups in total. The minimum atomic E-state index is -0.978. The molecule has 0 saturated heterocycles. The van der Waals surface area contributed by atoms with Gasteiger partial charge in [-0.15, -0.1) is 0 Å². The van der Waals surface area contributed by atoms with Gasteiger partial charge >= 0.3 is 5.97 Å². The second kappa shape index (κ2) is 4.76. The molecule has 0 aromatic carbocycles. The first kappa shape index (κ1) is 8.91. The van der Waals surface area contributed by atoms with E-state index >= 15 is 0 Å². The van der Waals surface area contributed by atoms with Crippen molar-refractivity contribution in [3.8, 4) is 0 Å². The molecule has 0 bridgehead atoms. The van der Waals surface area contributed by atoms with Crippen molar-refractivity contribution in [1.82, 2.24) is 0 Å². The van der Waals surface area contributed by atoms with Crippen LogP contribution in [-0.2, 0) is 4.79 Å². The third-order valence-electron chi connectivity index (χ3n) is 0.979. The fraction of sp³-hybridized carbons (Fsp3) is 0.286. The first-order chi connectivity index (χ1) is 4.68. The summed E-state index contributed by atoms with van der Waals surface area (Å²) in [4.78, 5) is 10.1. The number of allylic oxidation sites excluding steroid dienone is 2. The van der Waals surface area contributed by atoms with Crippen molar-refractivity contribution in [2.75, 3.05) is 0 Å². The molecule has 0 aromatic heterocycles. The molecule has 0 unspecified atom stereocenters. The first-order valence-corrected chi connectivity index (χ1v) is 2.94. The van der Waals surface area contributed by atoms with Gasteiger partial charge in [-0.1, -0.05) is 24.8 Å². The third-order valence-corrected chi connectivity index (χ3v) is 0.979. The summed E-state index contributed by atoms with van der Waals surface area (Å²) in [5.41, 5.74) is 5.17. The standard InChI is InChI=1S/C7H11NO2/c1-2-3-4-5-6(8)7(9)10/h2-4,6H,1,5,8H2,(H,9,10)/t6-/m0/s1. The van der Waals surface area contributed by atoms with E-state index in [9.17, 15) is 4.79 Å². The maximum Gasteiger partial charge on any atom is 0.320 e. The Balaban J connectivity index is 3.58. The second-order valence-corrected chi connectivity index (χ2v) is 1.84. The van der Waals surface area contributed by atoms with Gasteiger partial charge in [0.25, 0.3) is 0 Å². The van der Waals surface area contributed by atoms with Gasteiger partial charge in [0, 0.05) is 0 Å². The Kier molecular flexibility index (Phi) is 4.24. The zero-order chi connectivity index (χ0) is 7.98. The zero-order valence-corrected chi connectivity index (χ0v) is 5.66. The Morgan fingerprint density at radius 1 is 1.80 bits per heavy atom. The summed E-state index contributed by atoms with van der Waals surface area (Å²) in [6, 6.07) is -0.795. The van der Waals surface area contributed by atoms with E-state index in [-0.39, 0.29) is 0 Å². The number of hydrogen-bond acceptors (Lipinski definition) is 2. The van der Waals surface area contributed by atoms with Crippen LogP contribution >= 0.6 is 0 Å². The van der Waals surface area contributed by atoms with Crippen LogP contribution in [0, 0.1) is 0 Å². The third kappa shape index (κ3) is 3.86. The van der Waals surface area contributed by atoms with Gasteiger partial charge in [0.05, 0.1) is 0 Å². The predicted molar refractivity (Wildman–Crippen MR) is 39.6 cm³/mol. The minimum Gasteiger partial charge on any atom is -0.480 e. The second-order valence-electron chi connectivity index (χ2n) is 1.84. The summed E-state index contributed by atoms with van der Waals surface area (Å²) in [6.07, 6.45) is 5.27. The molecular weight excluding hydrogens is 130 g/mol. The van der Waals surface area contributed by atoms with E-state index in [1.807, 2.05) is 0 Å². The molecule has 0 aliphatic rings. The number of rotatable bonds is 4. The molecule has 3 nitrogen and oxygen atoms in total. The molecule has 0 aromatic rings. The van der Waals surface area contributed by atoms with Crippen LogP contribution < -0.4 is 5.73 Å². The molecule has 0 spiro atoms.